The number of hydrogen-bond donors (Lipinski definition) is 2. The molecule has 1 atom stereocenters. The predicted octanol–water partition coefficient (Wildman–Crippen LogP) is 0.462. The molecule has 0 aromatic rings. The number of carbonyl (C=O) groups excluding carboxylic acids is 2. The van der Waals surface area contributed by atoms with Crippen molar-refractivity contribution in [3.63, 3.8) is 0 Å². The van der Waals surface area contributed by atoms with Gasteiger partial charge in [-0.15, -0.1) is 0 Å². The number of likely N-dealkylation sites (tertiary alicyclic amines) is 1. The van der Waals surface area contributed by atoms with Crippen LogP contribution in [0.3, 0.4) is 0 Å². The molecule has 1 aliphatic heterocycles. The number of piperidine rings is 1. The first kappa shape index (κ1) is 18.2. The number of carboxylic acids is 1. The van der Waals surface area contributed by atoms with E-state index in [1.165, 1.54) is 12.0 Å². The summed E-state index contributed by atoms with van der Waals surface area (Å²) in [6.45, 7) is 2.97. The van der Waals surface area contributed by atoms with Crippen LogP contribution in [0.4, 0.5) is 4.79 Å². The first-order valence-electron chi connectivity index (χ1n) is 7.36. The van der Waals surface area contributed by atoms with Gasteiger partial charge in [0, 0.05) is 26.7 Å². The zero-order valence-corrected chi connectivity index (χ0v) is 13.1. The summed E-state index contributed by atoms with van der Waals surface area (Å²) in [4.78, 5) is 36.3. The van der Waals surface area contributed by atoms with Gasteiger partial charge in [0.2, 0.25) is 0 Å². The van der Waals surface area contributed by atoms with E-state index in [2.05, 4.69) is 5.32 Å². The van der Waals surface area contributed by atoms with E-state index >= 15 is 0 Å². The molecule has 1 saturated heterocycles. The Balaban J connectivity index is 2.68. The van der Waals surface area contributed by atoms with Gasteiger partial charge < -0.3 is 24.8 Å². The number of aliphatic carboxylic acids is 1. The Labute approximate surface area is 129 Å². The molecule has 2 amide bonds. The molecule has 1 unspecified atom stereocenters. The van der Waals surface area contributed by atoms with Crippen molar-refractivity contribution in [1.29, 1.82) is 0 Å². The van der Waals surface area contributed by atoms with Crippen LogP contribution >= 0.6 is 0 Å². The number of esters is 1. The maximum atomic E-state index is 12.2. The van der Waals surface area contributed by atoms with E-state index < -0.39 is 11.4 Å². The number of nitrogens with zero attached hydrogens (tertiary/aromatic N) is 1. The van der Waals surface area contributed by atoms with Crippen molar-refractivity contribution in [2.24, 2.45) is 5.41 Å². The van der Waals surface area contributed by atoms with Crippen molar-refractivity contribution in [3.05, 3.63) is 0 Å². The fraction of sp³-hybridized carbons (Fsp3) is 0.786. The fourth-order valence-electron chi connectivity index (χ4n) is 2.60. The van der Waals surface area contributed by atoms with Gasteiger partial charge in [-0.1, -0.05) is 0 Å². The highest BCUT2D eigenvalue weighted by molar-refractivity contribution is 5.80. The van der Waals surface area contributed by atoms with Crippen LogP contribution in [0.15, 0.2) is 0 Å². The highest BCUT2D eigenvalue weighted by Crippen LogP contribution is 2.32. The van der Waals surface area contributed by atoms with Gasteiger partial charge in [-0.05, 0) is 19.8 Å². The summed E-state index contributed by atoms with van der Waals surface area (Å²) in [5.41, 5.74) is -0.854. The molecule has 8 heteroatoms. The SMILES string of the molecule is CCOC(=O)C1(COC)CCCN(C(=O)NCCC(=O)O)C1. The van der Waals surface area contributed by atoms with Crippen LogP contribution in [-0.2, 0) is 19.1 Å². The minimum Gasteiger partial charge on any atom is -0.481 e. The van der Waals surface area contributed by atoms with Gasteiger partial charge in [-0.3, -0.25) is 9.59 Å². The molecule has 0 aromatic carbocycles. The summed E-state index contributed by atoms with van der Waals surface area (Å²) >= 11 is 0. The lowest BCUT2D eigenvalue weighted by Crippen LogP contribution is -2.55. The molecule has 0 saturated carbocycles. The Bertz CT molecular complexity index is 410. The summed E-state index contributed by atoms with van der Waals surface area (Å²) in [5.74, 6) is -1.33. The van der Waals surface area contributed by atoms with Crippen molar-refractivity contribution in [3.8, 4) is 0 Å². The zero-order valence-electron chi connectivity index (χ0n) is 13.1. The van der Waals surface area contributed by atoms with E-state index in [0.29, 0.717) is 19.4 Å². The smallest absolute Gasteiger partial charge is 0.317 e. The van der Waals surface area contributed by atoms with Gasteiger partial charge in [0.15, 0.2) is 0 Å². The molecular weight excluding hydrogens is 292 g/mol. The number of methoxy groups -OCH3 is 1. The molecule has 0 bridgehead atoms. The van der Waals surface area contributed by atoms with Gasteiger partial charge in [0.25, 0.3) is 0 Å². The van der Waals surface area contributed by atoms with Crippen molar-refractivity contribution in [1.82, 2.24) is 10.2 Å². The van der Waals surface area contributed by atoms with Crippen molar-refractivity contribution in [2.45, 2.75) is 26.2 Å². The largest absolute Gasteiger partial charge is 0.481 e. The maximum absolute atomic E-state index is 12.2. The lowest BCUT2D eigenvalue weighted by atomic mass is 9.80. The second-order valence-electron chi connectivity index (χ2n) is 5.33. The highest BCUT2D eigenvalue weighted by atomic mass is 16.5. The minimum absolute atomic E-state index is 0.0569. The summed E-state index contributed by atoms with van der Waals surface area (Å²) in [6.07, 6.45) is 1.12. The Morgan fingerprint density at radius 2 is 2.09 bits per heavy atom. The number of hydrogen-bond acceptors (Lipinski definition) is 5. The number of carbonyl (C=O) groups is 3. The third kappa shape index (κ3) is 4.87. The monoisotopic (exact) mass is 316 g/mol. The van der Waals surface area contributed by atoms with Gasteiger partial charge in [0.05, 0.1) is 19.6 Å². The summed E-state index contributed by atoms with van der Waals surface area (Å²) in [7, 11) is 1.51. The van der Waals surface area contributed by atoms with Gasteiger partial charge >= 0.3 is 18.0 Å². The van der Waals surface area contributed by atoms with Crippen molar-refractivity contribution >= 4 is 18.0 Å². The minimum atomic E-state index is -0.973. The van der Waals surface area contributed by atoms with E-state index in [1.54, 1.807) is 6.92 Å². The Hall–Kier alpha value is -1.83. The van der Waals surface area contributed by atoms with Crippen LogP contribution in [0.2, 0.25) is 0 Å². The molecule has 1 heterocycles. The highest BCUT2D eigenvalue weighted by Gasteiger charge is 2.44. The van der Waals surface area contributed by atoms with E-state index in [4.69, 9.17) is 14.6 Å². The molecule has 2 N–H and O–H groups in total. The predicted molar refractivity (Wildman–Crippen MR) is 77.4 cm³/mol. The van der Waals surface area contributed by atoms with E-state index in [1.807, 2.05) is 0 Å². The number of amides is 2. The van der Waals surface area contributed by atoms with Crippen molar-refractivity contribution in [2.75, 3.05) is 40.0 Å². The number of carboxylic acid groups (broad SMARTS) is 1. The topological polar surface area (TPSA) is 105 Å². The summed E-state index contributed by atoms with van der Waals surface area (Å²) in [5, 5.41) is 11.1. The van der Waals surface area contributed by atoms with Crippen LogP contribution in [0.25, 0.3) is 0 Å². The third-order valence-electron chi connectivity index (χ3n) is 3.61. The Morgan fingerprint density at radius 1 is 1.36 bits per heavy atom. The van der Waals surface area contributed by atoms with Crippen LogP contribution in [0.5, 0.6) is 0 Å². The molecule has 22 heavy (non-hydrogen) atoms. The normalized spacial score (nSPS) is 21.3. The standard InChI is InChI=1S/C14H24N2O6/c1-3-22-12(19)14(10-21-2)6-4-8-16(9-14)13(20)15-7-5-11(17)18/h3-10H2,1-2H3,(H,15,20)(H,17,18). The molecule has 1 fully saturated rings. The quantitative estimate of drug-likeness (QED) is 0.661. The average Bonchev–Trinajstić information content (AvgIpc) is 2.47. The van der Waals surface area contributed by atoms with Crippen LogP contribution in [0, 0.1) is 5.41 Å². The molecule has 0 radical (unpaired) electrons. The van der Waals surface area contributed by atoms with Crippen molar-refractivity contribution < 1.29 is 29.0 Å². The second kappa shape index (κ2) is 8.57. The van der Waals surface area contributed by atoms with Crippen LogP contribution in [0.1, 0.15) is 26.2 Å². The molecule has 0 aliphatic carbocycles. The molecular formula is C14H24N2O6. The Kier molecular flexibility index (Phi) is 7.10. The third-order valence-corrected chi connectivity index (χ3v) is 3.61. The molecule has 0 spiro atoms. The Morgan fingerprint density at radius 3 is 2.68 bits per heavy atom. The van der Waals surface area contributed by atoms with Crippen LogP contribution < -0.4 is 5.32 Å². The summed E-state index contributed by atoms with van der Waals surface area (Å²) in [6, 6.07) is -0.370. The van der Waals surface area contributed by atoms with Gasteiger partial charge in [-0.25, -0.2) is 4.79 Å². The van der Waals surface area contributed by atoms with E-state index in [0.717, 1.165) is 0 Å². The average molecular weight is 316 g/mol. The number of rotatable bonds is 7. The van der Waals surface area contributed by atoms with E-state index in [9.17, 15) is 14.4 Å². The molecule has 1 aliphatic rings. The van der Waals surface area contributed by atoms with E-state index in [-0.39, 0.29) is 44.7 Å². The first-order chi connectivity index (χ1) is 10.4. The molecule has 126 valence electrons. The lowest BCUT2D eigenvalue weighted by Gasteiger charge is -2.40. The second-order valence-corrected chi connectivity index (χ2v) is 5.33. The van der Waals surface area contributed by atoms with Gasteiger partial charge in [-0.2, -0.15) is 0 Å². The lowest BCUT2D eigenvalue weighted by molar-refractivity contribution is -0.162. The number of urea groups is 1. The maximum Gasteiger partial charge on any atom is 0.317 e. The first-order valence-corrected chi connectivity index (χ1v) is 7.36. The van der Waals surface area contributed by atoms with Gasteiger partial charge in [0.1, 0.15) is 5.41 Å². The fourth-order valence-corrected chi connectivity index (χ4v) is 2.60. The number of ether oxygens (including phenoxy) is 2. The van der Waals surface area contributed by atoms with Crippen LogP contribution in [-0.4, -0.2) is 67.9 Å². The summed E-state index contributed by atoms with van der Waals surface area (Å²) < 4.78 is 10.3. The number of nitrogens with one attached hydrogen (secondary N) is 1. The zero-order chi connectivity index (χ0) is 16.6. The molecule has 8 nitrogen and oxygen atoms in total. The molecule has 0 aromatic heterocycles. The molecule has 1 rings (SSSR count).